The van der Waals surface area contributed by atoms with Gasteiger partial charge in [-0.2, -0.15) is 0 Å². The number of aryl methyl sites for hydroxylation is 1. The van der Waals surface area contributed by atoms with Crippen molar-refractivity contribution in [3.8, 4) is 11.5 Å². The van der Waals surface area contributed by atoms with Crippen LogP contribution in [0.1, 0.15) is 25.8 Å². The lowest BCUT2D eigenvalue weighted by molar-refractivity contribution is -0.132. The smallest absolute Gasteiger partial charge is 0.279 e. The molecule has 0 bridgehead atoms. The van der Waals surface area contributed by atoms with Crippen LogP contribution in [0.3, 0.4) is 0 Å². The molecule has 27 heavy (non-hydrogen) atoms. The number of hydrazine groups is 1. The summed E-state index contributed by atoms with van der Waals surface area (Å²) in [5, 5.41) is 0. The Morgan fingerprint density at radius 2 is 1.70 bits per heavy atom. The molecule has 2 aromatic carbocycles. The lowest BCUT2D eigenvalue weighted by atomic mass is 10.1. The standard InChI is InChI=1S/C20H23FN2O4/c1-3-26-17-10-6-4-8-15(17)12-13-19(24)22-23-20(25)14(2)27-18-11-7-5-9-16(18)21/h4-11,14H,3,12-13H2,1-2H3,(H,22,24)(H,23,25). The molecule has 2 aromatic rings. The largest absolute Gasteiger partial charge is 0.494 e. The lowest BCUT2D eigenvalue weighted by Gasteiger charge is -2.15. The number of rotatable bonds is 8. The molecule has 0 radical (unpaired) electrons. The van der Waals surface area contributed by atoms with Crippen molar-refractivity contribution in [1.82, 2.24) is 10.9 Å². The van der Waals surface area contributed by atoms with Crippen LogP contribution in [-0.2, 0) is 16.0 Å². The Labute approximate surface area is 157 Å². The van der Waals surface area contributed by atoms with Crippen molar-refractivity contribution >= 4 is 11.8 Å². The molecule has 6 nitrogen and oxygen atoms in total. The first kappa shape index (κ1) is 20.2. The molecule has 0 aliphatic rings. The van der Waals surface area contributed by atoms with Gasteiger partial charge >= 0.3 is 0 Å². The highest BCUT2D eigenvalue weighted by Crippen LogP contribution is 2.19. The summed E-state index contributed by atoms with van der Waals surface area (Å²) in [6.07, 6.45) is -0.326. The molecule has 2 rings (SSSR count). The third-order valence-electron chi connectivity index (χ3n) is 3.73. The number of carbonyl (C=O) groups excluding carboxylic acids is 2. The van der Waals surface area contributed by atoms with Crippen LogP contribution in [0.4, 0.5) is 4.39 Å². The van der Waals surface area contributed by atoms with Gasteiger partial charge in [-0.3, -0.25) is 20.4 Å². The highest BCUT2D eigenvalue weighted by Gasteiger charge is 2.17. The second kappa shape index (κ2) is 10.2. The average molecular weight is 374 g/mol. The second-order valence-corrected chi connectivity index (χ2v) is 5.77. The summed E-state index contributed by atoms with van der Waals surface area (Å²) in [6, 6.07) is 13.3. The van der Waals surface area contributed by atoms with Gasteiger partial charge in [0.2, 0.25) is 5.91 Å². The van der Waals surface area contributed by atoms with E-state index < -0.39 is 17.8 Å². The Kier molecular flexibility index (Phi) is 7.61. The Balaban J connectivity index is 1.78. The molecule has 144 valence electrons. The van der Waals surface area contributed by atoms with E-state index in [1.54, 1.807) is 6.07 Å². The zero-order chi connectivity index (χ0) is 19.6. The molecule has 0 aliphatic heterocycles. The van der Waals surface area contributed by atoms with Gasteiger partial charge in [0.25, 0.3) is 5.91 Å². The Morgan fingerprint density at radius 1 is 1.04 bits per heavy atom. The number of benzene rings is 2. The molecule has 0 heterocycles. The SMILES string of the molecule is CCOc1ccccc1CCC(=O)NNC(=O)C(C)Oc1ccccc1F. The summed E-state index contributed by atoms with van der Waals surface area (Å²) >= 11 is 0. The predicted molar refractivity (Wildman–Crippen MR) is 98.7 cm³/mol. The van der Waals surface area contributed by atoms with Gasteiger partial charge in [0, 0.05) is 6.42 Å². The number of amides is 2. The summed E-state index contributed by atoms with van der Waals surface area (Å²) in [5.41, 5.74) is 5.53. The quantitative estimate of drug-likeness (QED) is 0.697. The molecule has 0 saturated carbocycles. The maximum atomic E-state index is 13.5. The molecular weight excluding hydrogens is 351 g/mol. The van der Waals surface area contributed by atoms with E-state index in [0.29, 0.717) is 13.0 Å². The predicted octanol–water partition coefficient (Wildman–Crippen LogP) is 2.77. The molecular formula is C20H23FN2O4. The minimum atomic E-state index is -0.971. The molecule has 0 aromatic heterocycles. The van der Waals surface area contributed by atoms with E-state index in [1.165, 1.54) is 25.1 Å². The minimum Gasteiger partial charge on any atom is -0.494 e. The van der Waals surface area contributed by atoms with Crippen molar-refractivity contribution in [1.29, 1.82) is 0 Å². The summed E-state index contributed by atoms with van der Waals surface area (Å²) in [5.74, 6) is -0.786. The average Bonchev–Trinajstić information content (AvgIpc) is 2.67. The summed E-state index contributed by atoms with van der Waals surface area (Å²) in [6.45, 7) is 3.90. The van der Waals surface area contributed by atoms with Crippen LogP contribution >= 0.6 is 0 Å². The monoisotopic (exact) mass is 374 g/mol. The van der Waals surface area contributed by atoms with E-state index in [0.717, 1.165) is 11.3 Å². The molecule has 0 aliphatic carbocycles. The lowest BCUT2D eigenvalue weighted by Crippen LogP contribution is -2.47. The molecule has 0 fully saturated rings. The highest BCUT2D eigenvalue weighted by atomic mass is 19.1. The third-order valence-corrected chi connectivity index (χ3v) is 3.73. The third kappa shape index (κ3) is 6.29. The normalized spacial score (nSPS) is 11.4. The first-order valence-electron chi connectivity index (χ1n) is 8.71. The molecule has 1 unspecified atom stereocenters. The molecule has 2 N–H and O–H groups in total. The van der Waals surface area contributed by atoms with Crippen LogP contribution < -0.4 is 20.3 Å². The van der Waals surface area contributed by atoms with E-state index in [4.69, 9.17) is 9.47 Å². The van der Waals surface area contributed by atoms with Crippen molar-refractivity contribution in [3.05, 3.63) is 59.9 Å². The number of hydrogen-bond acceptors (Lipinski definition) is 4. The minimum absolute atomic E-state index is 0.0287. The number of carbonyl (C=O) groups is 2. The number of hydrogen-bond donors (Lipinski definition) is 2. The van der Waals surface area contributed by atoms with Gasteiger partial charge in [-0.1, -0.05) is 30.3 Å². The molecule has 2 amide bonds. The Hall–Kier alpha value is -3.09. The molecule has 0 spiro atoms. The van der Waals surface area contributed by atoms with Crippen LogP contribution in [0, 0.1) is 5.82 Å². The summed E-state index contributed by atoms with van der Waals surface area (Å²) in [7, 11) is 0. The van der Waals surface area contributed by atoms with Gasteiger partial charge in [-0.05, 0) is 44.0 Å². The topological polar surface area (TPSA) is 76.7 Å². The fourth-order valence-electron chi connectivity index (χ4n) is 2.33. The molecule has 0 saturated heterocycles. The molecule has 7 heteroatoms. The number of para-hydroxylation sites is 2. The number of halogens is 1. The summed E-state index contributed by atoms with van der Waals surface area (Å²) in [4.78, 5) is 23.9. The van der Waals surface area contributed by atoms with E-state index in [9.17, 15) is 14.0 Å². The van der Waals surface area contributed by atoms with Crippen molar-refractivity contribution in [2.24, 2.45) is 0 Å². The van der Waals surface area contributed by atoms with Crippen LogP contribution in [0.25, 0.3) is 0 Å². The van der Waals surface area contributed by atoms with Crippen LogP contribution in [0.15, 0.2) is 48.5 Å². The summed E-state index contributed by atoms with van der Waals surface area (Å²) < 4.78 is 24.3. The van der Waals surface area contributed by atoms with Gasteiger partial charge in [0.15, 0.2) is 17.7 Å². The number of ether oxygens (including phenoxy) is 2. The van der Waals surface area contributed by atoms with Gasteiger partial charge in [-0.15, -0.1) is 0 Å². The van der Waals surface area contributed by atoms with Gasteiger partial charge < -0.3 is 9.47 Å². The van der Waals surface area contributed by atoms with E-state index in [1.807, 2.05) is 31.2 Å². The van der Waals surface area contributed by atoms with Gasteiger partial charge in [0.05, 0.1) is 6.61 Å². The fourth-order valence-corrected chi connectivity index (χ4v) is 2.33. The van der Waals surface area contributed by atoms with Gasteiger partial charge in [-0.25, -0.2) is 4.39 Å². The van der Waals surface area contributed by atoms with Crippen LogP contribution in [-0.4, -0.2) is 24.5 Å². The van der Waals surface area contributed by atoms with Crippen molar-refractivity contribution < 1.29 is 23.5 Å². The zero-order valence-electron chi connectivity index (χ0n) is 15.3. The van der Waals surface area contributed by atoms with E-state index >= 15 is 0 Å². The number of nitrogens with one attached hydrogen (secondary N) is 2. The highest BCUT2D eigenvalue weighted by molar-refractivity contribution is 5.84. The zero-order valence-corrected chi connectivity index (χ0v) is 15.3. The maximum absolute atomic E-state index is 13.5. The van der Waals surface area contributed by atoms with E-state index in [-0.39, 0.29) is 18.1 Å². The van der Waals surface area contributed by atoms with Crippen LogP contribution in [0.5, 0.6) is 11.5 Å². The first-order chi connectivity index (χ1) is 13.0. The Morgan fingerprint density at radius 3 is 2.41 bits per heavy atom. The van der Waals surface area contributed by atoms with E-state index in [2.05, 4.69) is 10.9 Å². The van der Waals surface area contributed by atoms with Crippen LogP contribution in [0.2, 0.25) is 0 Å². The first-order valence-corrected chi connectivity index (χ1v) is 8.71. The Bertz CT molecular complexity index is 782. The van der Waals surface area contributed by atoms with Crippen molar-refractivity contribution in [2.45, 2.75) is 32.8 Å². The van der Waals surface area contributed by atoms with Crippen molar-refractivity contribution in [2.75, 3.05) is 6.61 Å². The van der Waals surface area contributed by atoms with Crippen molar-refractivity contribution in [3.63, 3.8) is 0 Å². The second-order valence-electron chi connectivity index (χ2n) is 5.77. The fraction of sp³-hybridized carbons (Fsp3) is 0.300. The van der Waals surface area contributed by atoms with Gasteiger partial charge in [0.1, 0.15) is 5.75 Å². The maximum Gasteiger partial charge on any atom is 0.279 e. The molecule has 1 atom stereocenters.